The predicted octanol–water partition coefficient (Wildman–Crippen LogP) is 5.17. The van der Waals surface area contributed by atoms with Crippen LogP contribution in [0, 0.1) is 19.8 Å². The Morgan fingerprint density at radius 3 is 2.67 bits per heavy atom. The third-order valence-corrected chi connectivity index (χ3v) is 6.33. The zero-order valence-corrected chi connectivity index (χ0v) is 18.2. The van der Waals surface area contributed by atoms with Gasteiger partial charge in [0.25, 0.3) is 11.5 Å². The number of amides is 1. The van der Waals surface area contributed by atoms with E-state index in [-0.39, 0.29) is 17.5 Å². The van der Waals surface area contributed by atoms with E-state index in [4.69, 9.17) is 11.6 Å². The third kappa shape index (κ3) is 4.14. The van der Waals surface area contributed by atoms with Crippen molar-refractivity contribution < 1.29 is 4.79 Å². The van der Waals surface area contributed by atoms with Crippen molar-refractivity contribution in [3.8, 4) is 0 Å². The standard InChI is InChI=1S/C21H24BrClN2O2/c1-4-10-25-13(3)17(12(2)18(22)21(25)27)20(26)24-19(14-8-9-14)15-6-5-7-16(23)11-15/h5-7,11,14,19H,4,8-10H2,1-3H3,(H,24,26)/t19-/m0/s1. The molecular weight excluding hydrogens is 428 g/mol. The molecule has 144 valence electrons. The van der Waals surface area contributed by atoms with Gasteiger partial charge in [-0.05, 0) is 78.2 Å². The van der Waals surface area contributed by atoms with E-state index in [1.807, 2.05) is 45.0 Å². The first-order valence-electron chi connectivity index (χ1n) is 9.31. The average Bonchev–Trinajstić information content (AvgIpc) is 3.46. The van der Waals surface area contributed by atoms with Crippen LogP contribution >= 0.6 is 27.5 Å². The Morgan fingerprint density at radius 2 is 2.07 bits per heavy atom. The molecule has 0 aliphatic heterocycles. The molecule has 1 aromatic heterocycles. The molecule has 1 amide bonds. The highest BCUT2D eigenvalue weighted by Gasteiger charge is 2.34. The maximum Gasteiger partial charge on any atom is 0.265 e. The molecule has 1 aliphatic carbocycles. The molecule has 1 atom stereocenters. The molecule has 1 heterocycles. The molecule has 1 N–H and O–H groups in total. The van der Waals surface area contributed by atoms with Crippen LogP contribution in [-0.2, 0) is 6.54 Å². The maximum atomic E-state index is 13.2. The van der Waals surface area contributed by atoms with Gasteiger partial charge in [-0.3, -0.25) is 9.59 Å². The number of carbonyl (C=O) groups excluding carboxylic acids is 1. The molecule has 2 aromatic rings. The summed E-state index contributed by atoms with van der Waals surface area (Å²) in [5, 5.41) is 3.87. The molecule has 0 saturated heterocycles. The Morgan fingerprint density at radius 1 is 1.37 bits per heavy atom. The largest absolute Gasteiger partial charge is 0.345 e. The number of pyridine rings is 1. The van der Waals surface area contributed by atoms with Crippen molar-refractivity contribution in [3.05, 3.63) is 66.5 Å². The number of nitrogens with zero attached hydrogens (tertiary/aromatic N) is 1. The molecule has 0 bridgehead atoms. The molecule has 0 unspecified atom stereocenters. The van der Waals surface area contributed by atoms with Gasteiger partial charge in [0.1, 0.15) is 0 Å². The minimum absolute atomic E-state index is 0.0691. The van der Waals surface area contributed by atoms with Crippen LogP contribution in [-0.4, -0.2) is 10.5 Å². The smallest absolute Gasteiger partial charge is 0.265 e. The summed E-state index contributed by atoms with van der Waals surface area (Å²) in [6.45, 7) is 6.26. The second kappa shape index (κ2) is 8.19. The van der Waals surface area contributed by atoms with Crippen molar-refractivity contribution in [3.63, 3.8) is 0 Å². The van der Waals surface area contributed by atoms with E-state index >= 15 is 0 Å². The van der Waals surface area contributed by atoms with E-state index in [1.54, 1.807) is 4.57 Å². The van der Waals surface area contributed by atoms with Gasteiger partial charge in [0.15, 0.2) is 0 Å². The lowest BCUT2D eigenvalue weighted by atomic mass is 10.0. The van der Waals surface area contributed by atoms with E-state index in [1.165, 1.54) is 0 Å². The Kier molecular flexibility index (Phi) is 6.11. The van der Waals surface area contributed by atoms with Crippen molar-refractivity contribution in [2.24, 2.45) is 5.92 Å². The summed E-state index contributed by atoms with van der Waals surface area (Å²) in [4.78, 5) is 25.8. The number of rotatable bonds is 6. The van der Waals surface area contributed by atoms with Crippen molar-refractivity contribution >= 4 is 33.4 Å². The van der Waals surface area contributed by atoms with E-state index in [0.29, 0.717) is 38.8 Å². The molecule has 1 saturated carbocycles. The number of hydrogen-bond acceptors (Lipinski definition) is 2. The molecule has 4 nitrogen and oxygen atoms in total. The van der Waals surface area contributed by atoms with Crippen LogP contribution in [0.4, 0.5) is 0 Å². The fourth-order valence-corrected chi connectivity index (χ4v) is 4.20. The first-order chi connectivity index (χ1) is 12.8. The van der Waals surface area contributed by atoms with Crippen LogP contribution in [0.25, 0.3) is 0 Å². The summed E-state index contributed by atoms with van der Waals surface area (Å²) in [6.07, 6.45) is 3.01. The highest BCUT2D eigenvalue weighted by molar-refractivity contribution is 9.10. The molecular formula is C21H24BrClN2O2. The van der Waals surface area contributed by atoms with Crippen LogP contribution in [0.1, 0.15) is 59.4 Å². The van der Waals surface area contributed by atoms with E-state index in [9.17, 15) is 9.59 Å². The van der Waals surface area contributed by atoms with E-state index < -0.39 is 0 Å². The van der Waals surface area contributed by atoms with Gasteiger partial charge in [-0.25, -0.2) is 0 Å². The molecule has 6 heteroatoms. The number of carbonyl (C=O) groups is 1. The van der Waals surface area contributed by atoms with E-state index in [2.05, 4.69) is 21.2 Å². The summed E-state index contributed by atoms with van der Waals surface area (Å²) in [5.74, 6) is 0.283. The molecule has 3 rings (SSSR count). The Hall–Kier alpha value is -1.59. The van der Waals surface area contributed by atoms with Crippen molar-refractivity contribution in [1.82, 2.24) is 9.88 Å². The van der Waals surface area contributed by atoms with Crippen LogP contribution in [0.2, 0.25) is 5.02 Å². The Labute approximate surface area is 173 Å². The summed E-state index contributed by atoms with van der Waals surface area (Å²) < 4.78 is 2.13. The Balaban J connectivity index is 1.99. The molecule has 0 radical (unpaired) electrons. The van der Waals surface area contributed by atoms with Gasteiger partial charge in [-0.15, -0.1) is 0 Å². The summed E-state index contributed by atoms with van der Waals surface area (Å²) >= 11 is 9.54. The predicted molar refractivity (Wildman–Crippen MR) is 113 cm³/mol. The van der Waals surface area contributed by atoms with Gasteiger partial charge >= 0.3 is 0 Å². The van der Waals surface area contributed by atoms with Crippen LogP contribution < -0.4 is 10.9 Å². The highest BCUT2D eigenvalue weighted by atomic mass is 79.9. The van der Waals surface area contributed by atoms with Gasteiger partial charge in [0.05, 0.1) is 16.1 Å². The highest BCUT2D eigenvalue weighted by Crippen LogP contribution is 2.41. The van der Waals surface area contributed by atoms with Crippen molar-refractivity contribution in [1.29, 1.82) is 0 Å². The minimum atomic E-state index is -0.146. The van der Waals surface area contributed by atoms with Crippen LogP contribution in [0.3, 0.4) is 0 Å². The minimum Gasteiger partial charge on any atom is -0.345 e. The Bertz CT molecular complexity index is 935. The number of nitrogens with one attached hydrogen (secondary N) is 1. The molecule has 1 aromatic carbocycles. The van der Waals surface area contributed by atoms with Crippen molar-refractivity contribution in [2.75, 3.05) is 0 Å². The van der Waals surface area contributed by atoms with Crippen LogP contribution in [0.15, 0.2) is 33.5 Å². The first kappa shape index (κ1) is 20.2. The summed E-state index contributed by atoms with van der Waals surface area (Å²) in [6, 6.07) is 7.60. The lowest BCUT2D eigenvalue weighted by Gasteiger charge is -2.22. The number of hydrogen-bond donors (Lipinski definition) is 1. The fourth-order valence-electron chi connectivity index (χ4n) is 3.59. The fraction of sp³-hybridized carbons (Fsp3) is 0.429. The van der Waals surface area contributed by atoms with E-state index in [0.717, 1.165) is 24.8 Å². The zero-order valence-electron chi connectivity index (χ0n) is 15.8. The molecule has 0 spiro atoms. The maximum absolute atomic E-state index is 13.2. The first-order valence-corrected chi connectivity index (χ1v) is 10.5. The number of benzene rings is 1. The van der Waals surface area contributed by atoms with Gasteiger partial charge in [-0.2, -0.15) is 0 Å². The quantitative estimate of drug-likeness (QED) is 0.658. The lowest BCUT2D eigenvalue weighted by Crippen LogP contribution is -2.34. The topological polar surface area (TPSA) is 51.1 Å². The second-order valence-corrected chi connectivity index (χ2v) is 8.43. The third-order valence-electron chi connectivity index (χ3n) is 5.17. The molecule has 27 heavy (non-hydrogen) atoms. The summed E-state index contributed by atoms with van der Waals surface area (Å²) in [7, 11) is 0. The van der Waals surface area contributed by atoms with Crippen molar-refractivity contribution in [2.45, 2.75) is 52.6 Å². The van der Waals surface area contributed by atoms with Gasteiger partial charge < -0.3 is 9.88 Å². The van der Waals surface area contributed by atoms with Crippen LogP contribution in [0.5, 0.6) is 0 Å². The second-order valence-electron chi connectivity index (χ2n) is 7.20. The summed E-state index contributed by atoms with van der Waals surface area (Å²) in [5.41, 5.74) is 2.90. The van der Waals surface area contributed by atoms with Gasteiger partial charge in [0, 0.05) is 17.3 Å². The average molecular weight is 452 g/mol. The molecule has 1 aliphatic rings. The van der Waals surface area contributed by atoms with Gasteiger partial charge in [0.2, 0.25) is 0 Å². The number of halogens is 2. The van der Waals surface area contributed by atoms with Gasteiger partial charge in [-0.1, -0.05) is 30.7 Å². The normalized spacial score (nSPS) is 14.9. The number of aromatic nitrogens is 1. The monoisotopic (exact) mass is 450 g/mol. The SMILES string of the molecule is CCCn1c(C)c(C(=O)N[C@H](c2cccc(Cl)c2)C2CC2)c(C)c(Br)c1=O. The lowest BCUT2D eigenvalue weighted by molar-refractivity contribution is 0.0929. The zero-order chi connectivity index (χ0) is 19.7. The molecule has 1 fully saturated rings.